The van der Waals surface area contributed by atoms with Gasteiger partial charge in [0.25, 0.3) is 0 Å². The summed E-state index contributed by atoms with van der Waals surface area (Å²) in [5.41, 5.74) is 1.30. The van der Waals surface area contributed by atoms with E-state index in [0.717, 1.165) is 43.0 Å². The van der Waals surface area contributed by atoms with Gasteiger partial charge in [0, 0.05) is 43.4 Å². The maximum absolute atomic E-state index is 12.0. The first-order valence-electron chi connectivity index (χ1n) is 8.92. The van der Waals surface area contributed by atoms with E-state index in [-0.39, 0.29) is 11.9 Å². The fourth-order valence-electron chi connectivity index (χ4n) is 2.91. The van der Waals surface area contributed by atoms with E-state index in [2.05, 4.69) is 48.9 Å². The zero-order valence-electron chi connectivity index (χ0n) is 15.2. The predicted octanol–water partition coefficient (Wildman–Crippen LogP) is 3.73. The molecule has 1 aliphatic heterocycles. The van der Waals surface area contributed by atoms with Crippen molar-refractivity contribution in [3.05, 3.63) is 52.6 Å². The molecule has 1 fully saturated rings. The van der Waals surface area contributed by atoms with Crippen LogP contribution < -0.4 is 9.64 Å². The van der Waals surface area contributed by atoms with Gasteiger partial charge >= 0.3 is 5.97 Å². The quantitative estimate of drug-likeness (QED) is 0.693. The van der Waals surface area contributed by atoms with Gasteiger partial charge in [-0.1, -0.05) is 48.0 Å². The second-order valence-corrected chi connectivity index (χ2v) is 7.61. The number of ether oxygens (including phenoxy) is 1. The minimum absolute atomic E-state index is 0.163. The number of hydrogen-bond acceptors (Lipinski definition) is 5. The van der Waals surface area contributed by atoms with Crippen LogP contribution >= 0.6 is 15.9 Å². The molecule has 0 amide bonds. The Bertz CT molecular complexity index is 758. The second kappa shape index (κ2) is 8.64. The van der Waals surface area contributed by atoms with Gasteiger partial charge < -0.3 is 9.64 Å². The number of pyridine rings is 1. The summed E-state index contributed by atoms with van der Waals surface area (Å²) in [5, 5.41) is 0. The lowest BCUT2D eigenvalue weighted by Crippen LogP contribution is -2.46. The lowest BCUT2D eigenvalue weighted by Gasteiger charge is -2.36. The molecule has 1 aliphatic rings. The van der Waals surface area contributed by atoms with E-state index in [1.165, 1.54) is 5.56 Å². The molecule has 0 aliphatic carbocycles. The van der Waals surface area contributed by atoms with Crippen LogP contribution in [0.25, 0.3) is 0 Å². The van der Waals surface area contributed by atoms with E-state index in [0.29, 0.717) is 5.75 Å². The summed E-state index contributed by atoms with van der Waals surface area (Å²) in [5.74, 6) is 0.906. The molecule has 1 aromatic heterocycles. The lowest BCUT2D eigenvalue weighted by atomic mass is 10.2. The molecule has 2 aromatic rings. The standard InChI is InChI=1S/C20H24BrN3O2/c1-15(2)20(25)26-18-8-5-9-22-19(18)24-12-10-23(11-13-24)14-16-6-3-4-7-17(16)21/h3-9,15H,10-14H2,1-2H3. The Kier molecular flexibility index (Phi) is 6.27. The van der Waals surface area contributed by atoms with Crippen molar-refractivity contribution in [2.45, 2.75) is 20.4 Å². The number of carbonyl (C=O) groups is 1. The molecule has 26 heavy (non-hydrogen) atoms. The fourth-order valence-corrected chi connectivity index (χ4v) is 3.32. The van der Waals surface area contributed by atoms with Gasteiger partial charge in [-0.2, -0.15) is 0 Å². The van der Waals surface area contributed by atoms with Gasteiger partial charge in [-0.15, -0.1) is 0 Å². The summed E-state index contributed by atoms with van der Waals surface area (Å²) in [6.45, 7) is 8.18. The Labute approximate surface area is 163 Å². The molecular weight excluding hydrogens is 394 g/mol. The van der Waals surface area contributed by atoms with Crippen LogP contribution in [0.5, 0.6) is 5.75 Å². The maximum atomic E-state index is 12.0. The third-order valence-electron chi connectivity index (χ3n) is 4.46. The average molecular weight is 418 g/mol. The van der Waals surface area contributed by atoms with Gasteiger partial charge in [-0.25, -0.2) is 4.98 Å². The van der Waals surface area contributed by atoms with Crippen molar-refractivity contribution < 1.29 is 9.53 Å². The third-order valence-corrected chi connectivity index (χ3v) is 5.23. The summed E-state index contributed by atoms with van der Waals surface area (Å²) < 4.78 is 6.68. The summed E-state index contributed by atoms with van der Waals surface area (Å²) in [6.07, 6.45) is 1.75. The molecule has 0 atom stereocenters. The van der Waals surface area contributed by atoms with Gasteiger partial charge in [-0.05, 0) is 23.8 Å². The highest BCUT2D eigenvalue weighted by molar-refractivity contribution is 9.10. The van der Waals surface area contributed by atoms with Crippen molar-refractivity contribution >= 4 is 27.7 Å². The molecule has 1 aromatic carbocycles. The van der Waals surface area contributed by atoms with Gasteiger partial charge in [0.15, 0.2) is 11.6 Å². The number of hydrogen-bond donors (Lipinski definition) is 0. The molecule has 0 saturated carbocycles. The van der Waals surface area contributed by atoms with E-state index in [4.69, 9.17) is 4.74 Å². The topological polar surface area (TPSA) is 45.7 Å². The molecule has 2 heterocycles. The molecule has 0 N–H and O–H groups in total. The first kappa shape index (κ1) is 18.9. The van der Waals surface area contributed by atoms with Gasteiger partial charge in [0.2, 0.25) is 0 Å². The van der Waals surface area contributed by atoms with Crippen molar-refractivity contribution in [3.8, 4) is 5.75 Å². The predicted molar refractivity (Wildman–Crippen MR) is 106 cm³/mol. The van der Waals surface area contributed by atoms with Crippen molar-refractivity contribution in [2.24, 2.45) is 5.92 Å². The minimum atomic E-state index is -0.230. The van der Waals surface area contributed by atoms with E-state index < -0.39 is 0 Å². The van der Waals surface area contributed by atoms with E-state index in [1.54, 1.807) is 12.3 Å². The Morgan fingerprint density at radius 3 is 2.58 bits per heavy atom. The van der Waals surface area contributed by atoms with Gasteiger partial charge in [-0.3, -0.25) is 9.69 Å². The molecule has 138 valence electrons. The SMILES string of the molecule is CC(C)C(=O)Oc1cccnc1N1CCN(Cc2ccccc2Br)CC1. The summed E-state index contributed by atoms with van der Waals surface area (Å²) in [7, 11) is 0. The second-order valence-electron chi connectivity index (χ2n) is 6.76. The molecular formula is C20H24BrN3O2. The Balaban J connectivity index is 1.63. The van der Waals surface area contributed by atoms with Crippen LogP contribution in [-0.2, 0) is 11.3 Å². The molecule has 0 bridgehead atoms. The first-order valence-corrected chi connectivity index (χ1v) is 9.71. The highest BCUT2D eigenvalue weighted by atomic mass is 79.9. The normalized spacial score (nSPS) is 15.3. The summed E-state index contributed by atoms with van der Waals surface area (Å²) >= 11 is 3.62. The molecule has 3 rings (SSSR count). The zero-order chi connectivity index (χ0) is 18.5. The van der Waals surface area contributed by atoms with Crippen molar-refractivity contribution in [2.75, 3.05) is 31.1 Å². The van der Waals surface area contributed by atoms with Crippen LogP contribution in [0.15, 0.2) is 47.1 Å². The van der Waals surface area contributed by atoms with Gasteiger partial charge in [0.1, 0.15) is 0 Å². The number of rotatable bonds is 5. The van der Waals surface area contributed by atoms with Crippen LogP contribution in [0.2, 0.25) is 0 Å². The molecule has 0 radical (unpaired) electrons. The van der Waals surface area contributed by atoms with Crippen LogP contribution in [0, 0.1) is 5.92 Å². The molecule has 5 nitrogen and oxygen atoms in total. The molecule has 0 unspecified atom stereocenters. The number of nitrogens with zero attached hydrogens (tertiary/aromatic N) is 3. The van der Waals surface area contributed by atoms with Crippen molar-refractivity contribution in [1.29, 1.82) is 0 Å². The number of anilines is 1. The smallest absolute Gasteiger partial charge is 0.313 e. The summed E-state index contributed by atoms with van der Waals surface area (Å²) in [6, 6.07) is 11.9. The molecule has 6 heteroatoms. The monoisotopic (exact) mass is 417 g/mol. The van der Waals surface area contributed by atoms with Crippen LogP contribution in [0.3, 0.4) is 0 Å². The van der Waals surface area contributed by atoms with Crippen LogP contribution in [0.1, 0.15) is 19.4 Å². The number of piperazine rings is 1. The number of halogens is 1. The first-order chi connectivity index (χ1) is 12.5. The third kappa shape index (κ3) is 4.62. The van der Waals surface area contributed by atoms with E-state index in [1.807, 2.05) is 26.0 Å². The maximum Gasteiger partial charge on any atom is 0.313 e. The number of carbonyl (C=O) groups excluding carboxylic acids is 1. The zero-order valence-corrected chi connectivity index (χ0v) is 16.8. The Morgan fingerprint density at radius 1 is 1.15 bits per heavy atom. The number of esters is 1. The average Bonchev–Trinajstić information content (AvgIpc) is 2.65. The number of aromatic nitrogens is 1. The molecule has 0 spiro atoms. The Morgan fingerprint density at radius 2 is 1.88 bits per heavy atom. The highest BCUT2D eigenvalue weighted by Crippen LogP contribution is 2.27. The van der Waals surface area contributed by atoms with Crippen LogP contribution in [0.4, 0.5) is 5.82 Å². The Hall–Kier alpha value is -1.92. The molecule has 1 saturated heterocycles. The van der Waals surface area contributed by atoms with Crippen LogP contribution in [-0.4, -0.2) is 42.0 Å². The van der Waals surface area contributed by atoms with Crippen molar-refractivity contribution in [1.82, 2.24) is 9.88 Å². The highest BCUT2D eigenvalue weighted by Gasteiger charge is 2.22. The van der Waals surface area contributed by atoms with E-state index >= 15 is 0 Å². The minimum Gasteiger partial charge on any atom is -0.422 e. The van der Waals surface area contributed by atoms with E-state index in [9.17, 15) is 4.79 Å². The van der Waals surface area contributed by atoms with Gasteiger partial charge in [0.05, 0.1) is 5.92 Å². The lowest BCUT2D eigenvalue weighted by molar-refractivity contribution is -0.137. The fraction of sp³-hybridized carbons (Fsp3) is 0.400. The number of benzene rings is 1. The van der Waals surface area contributed by atoms with Crippen molar-refractivity contribution in [3.63, 3.8) is 0 Å². The summed E-state index contributed by atoms with van der Waals surface area (Å²) in [4.78, 5) is 21.0. The largest absolute Gasteiger partial charge is 0.422 e.